The van der Waals surface area contributed by atoms with Crippen LogP contribution in [0.25, 0.3) is 0 Å². The van der Waals surface area contributed by atoms with E-state index in [1.54, 1.807) is 24.3 Å². The van der Waals surface area contributed by atoms with Gasteiger partial charge in [0.1, 0.15) is 6.10 Å². The molecule has 88 valence electrons. The molecule has 1 aromatic rings. The number of carbonyl (C=O) groups is 2. The summed E-state index contributed by atoms with van der Waals surface area (Å²) in [6.07, 6.45) is 2.01. The number of carbonyl (C=O) groups excluding carboxylic acids is 2. The highest BCUT2D eigenvalue weighted by molar-refractivity contribution is 6.01. The highest BCUT2D eigenvalue weighted by Gasteiger charge is 2.43. The molecular weight excluding hydrogens is 220 g/mol. The first-order chi connectivity index (χ1) is 8.22. The number of ketones is 1. The molecule has 0 aromatic heterocycles. The van der Waals surface area contributed by atoms with E-state index in [9.17, 15) is 9.59 Å². The van der Waals surface area contributed by atoms with Gasteiger partial charge in [-0.15, -0.1) is 0 Å². The molecule has 17 heavy (non-hydrogen) atoms. The van der Waals surface area contributed by atoms with Gasteiger partial charge in [0.2, 0.25) is 0 Å². The van der Waals surface area contributed by atoms with E-state index in [4.69, 9.17) is 4.74 Å². The van der Waals surface area contributed by atoms with Gasteiger partial charge >= 0.3 is 5.97 Å². The Kier molecular flexibility index (Phi) is 3.35. The molecule has 1 aliphatic heterocycles. The van der Waals surface area contributed by atoms with Crippen LogP contribution in [0.4, 0.5) is 0 Å². The topological polar surface area (TPSA) is 55.9 Å². The average molecular weight is 232 g/mol. The summed E-state index contributed by atoms with van der Waals surface area (Å²) in [4.78, 5) is 22.7. The maximum absolute atomic E-state index is 11.9. The smallest absolute Gasteiger partial charge is 0.330 e. The molecule has 2 atom stereocenters. The Morgan fingerprint density at radius 1 is 1.29 bits per heavy atom. The summed E-state index contributed by atoms with van der Waals surface area (Å²) < 4.78 is 9.63. The molecule has 0 aliphatic carbocycles. The first-order valence-corrected chi connectivity index (χ1v) is 5.23. The van der Waals surface area contributed by atoms with Crippen LogP contribution in [0.3, 0.4) is 0 Å². The Morgan fingerprint density at radius 3 is 2.65 bits per heavy atom. The third-order valence-corrected chi connectivity index (χ3v) is 2.47. The van der Waals surface area contributed by atoms with Gasteiger partial charge in [-0.1, -0.05) is 30.3 Å². The van der Waals surface area contributed by atoms with Crippen molar-refractivity contribution in [2.45, 2.75) is 12.2 Å². The van der Waals surface area contributed by atoms with E-state index >= 15 is 0 Å². The molecule has 1 fully saturated rings. The van der Waals surface area contributed by atoms with Gasteiger partial charge in [-0.25, -0.2) is 4.79 Å². The number of ether oxygens (including phenoxy) is 2. The van der Waals surface area contributed by atoms with E-state index < -0.39 is 12.1 Å². The molecule has 0 N–H and O–H groups in total. The van der Waals surface area contributed by atoms with Gasteiger partial charge < -0.3 is 9.47 Å². The molecule has 0 bridgehead atoms. The van der Waals surface area contributed by atoms with E-state index in [-0.39, 0.29) is 11.9 Å². The van der Waals surface area contributed by atoms with Crippen LogP contribution in [0, 0.1) is 0 Å². The first-order valence-electron chi connectivity index (χ1n) is 5.23. The molecular formula is C13H12O4. The minimum absolute atomic E-state index is 0.0647. The van der Waals surface area contributed by atoms with Crippen molar-refractivity contribution in [2.24, 2.45) is 0 Å². The fourth-order valence-corrected chi connectivity index (χ4v) is 1.49. The van der Waals surface area contributed by atoms with Crippen LogP contribution >= 0.6 is 0 Å². The predicted molar refractivity (Wildman–Crippen MR) is 60.6 cm³/mol. The van der Waals surface area contributed by atoms with Gasteiger partial charge in [-0.05, 0) is 6.08 Å². The quantitative estimate of drug-likeness (QED) is 0.340. The second-order valence-electron chi connectivity index (χ2n) is 3.63. The molecule has 0 amide bonds. The van der Waals surface area contributed by atoms with Crippen molar-refractivity contribution in [3.05, 3.63) is 48.0 Å². The molecule has 0 radical (unpaired) electrons. The number of Topliss-reactive ketones (excluding diaryl/α,β-unsaturated/α-hetero) is 1. The number of epoxide rings is 1. The Bertz CT molecular complexity index is 450. The molecule has 2 rings (SSSR count). The molecule has 0 saturated carbocycles. The Morgan fingerprint density at radius 2 is 2.00 bits per heavy atom. The molecule has 4 heteroatoms. The summed E-state index contributed by atoms with van der Waals surface area (Å²) >= 11 is 0. The SMILES string of the molecule is COC(=O)/C=C/[C@H]1O[C@@H]1C(=O)c1ccccc1. The zero-order valence-electron chi connectivity index (χ0n) is 9.33. The van der Waals surface area contributed by atoms with Crippen LogP contribution in [0.2, 0.25) is 0 Å². The number of esters is 1. The van der Waals surface area contributed by atoms with Crippen molar-refractivity contribution in [3.8, 4) is 0 Å². The minimum atomic E-state index is -0.474. The fraction of sp³-hybridized carbons (Fsp3) is 0.231. The highest BCUT2D eigenvalue weighted by atomic mass is 16.6. The second kappa shape index (κ2) is 4.93. The summed E-state index contributed by atoms with van der Waals surface area (Å²) in [5.74, 6) is -0.517. The van der Waals surface area contributed by atoms with Crippen LogP contribution in [-0.2, 0) is 14.3 Å². The fourth-order valence-electron chi connectivity index (χ4n) is 1.49. The zero-order valence-corrected chi connectivity index (χ0v) is 9.33. The molecule has 1 aromatic carbocycles. The van der Waals surface area contributed by atoms with E-state index in [1.807, 2.05) is 6.07 Å². The van der Waals surface area contributed by atoms with Gasteiger partial charge in [0, 0.05) is 11.6 Å². The third-order valence-electron chi connectivity index (χ3n) is 2.47. The minimum Gasteiger partial charge on any atom is -0.466 e. The molecule has 1 heterocycles. The summed E-state index contributed by atoms with van der Waals surface area (Å²) in [6, 6.07) is 8.93. The lowest BCUT2D eigenvalue weighted by Gasteiger charge is -1.94. The van der Waals surface area contributed by atoms with Crippen molar-refractivity contribution >= 4 is 11.8 Å². The zero-order chi connectivity index (χ0) is 12.3. The molecule has 0 unspecified atom stereocenters. The van der Waals surface area contributed by atoms with Crippen LogP contribution in [0.5, 0.6) is 0 Å². The largest absolute Gasteiger partial charge is 0.466 e. The second-order valence-corrected chi connectivity index (χ2v) is 3.63. The van der Waals surface area contributed by atoms with Crippen molar-refractivity contribution in [2.75, 3.05) is 7.11 Å². The average Bonchev–Trinajstić information content (AvgIpc) is 3.15. The van der Waals surface area contributed by atoms with Crippen LogP contribution in [-0.4, -0.2) is 31.1 Å². The van der Waals surface area contributed by atoms with Crippen LogP contribution in [0.15, 0.2) is 42.5 Å². The lowest BCUT2D eigenvalue weighted by Crippen LogP contribution is -2.09. The van der Waals surface area contributed by atoms with Gasteiger partial charge in [0.05, 0.1) is 7.11 Å². The number of hydrogen-bond acceptors (Lipinski definition) is 4. The summed E-state index contributed by atoms with van der Waals surface area (Å²) in [5, 5.41) is 0. The standard InChI is InChI=1S/C13H12O4/c1-16-11(14)8-7-10-13(17-10)12(15)9-5-3-2-4-6-9/h2-8,10,13H,1H3/b8-7+/t10-,13+/m1/s1. The van der Waals surface area contributed by atoms with Gasteiger partial charge in [0.15, 0.2) is 11.9 Å². The third kappa shape index (κ3) is 2.79. The Labute approximate surface area is 98.8 Å². The normalized spacial score (nSPS) is 22.4. The Hall–Kier alpha value is -1.94. The molecule has 4 nitrogen and oxygen atoms in total. The van der Waals surface area contributed by atoms with Crippen molar-refractivity contribution in [1.82, 2.24) is 0 Å². The van der Waals surface area contributed by atoms with Crippen molar-refractivity contribution in [1.29, 1.82) is 0 Å². The summed E-state index contributed by atoms with van der Waals surface area (Å²) in [5.41, 5.74) is 0.617. The monoisotopic (exact) mass is 232 g/mol. The first kappa shape index (κ1) is 11.5. The lowest BCUT2D eigenvalue weighted by atomic mass is 10.1. The maximum atomic E-state index is 11.9. The van der Waals surface area contributed by atoms with Crippen LogP contribution in [0.1, 0.15) is 10.4 Å². The van der Waals surface area contributed by atoms with Gasteiger partial charge in [-0.2, -0.15) is 0 Å². The van der Waals surface area contributed by atoms with E-state index in [2.05, 4.69) is 4.74 Å². The van der Waals surface area contributed by atoms with E-state index in [0.29, 0.717) is 5.56 Å². The molecule has 0 spiro atoms. The number of benzene rings is 1. The maximum Gasteiger partial charge on any atom is 0.330 e. The number of rotatable bonds is 4. The number of hydrogen-bond donors (Lipinski definition) is 0. The van der Waals surface area contributed by atoms with E-state index in [0.717, 1.165) is 0 Å². The lowest BCUT2D eigenvalue weighted by molar-refractivity contribution is -0.134. The summed E-state index contributed by atoms with van der Waals surface area (Å²) in [6.45, 7) is 0. The van der Waals surface area contributed by atoms with Gasteiger partial charge in [-0.3, -0.25) is 4.79 Å². The molecule has 1 aliphatic rings. The van der Waals surface area contributed by atoms with E-state index in [1.165, 1.54) is 19.3 Å². The summed E-state index contributed by atoms with van der Waals surface area (Å²) in [7, 11) is 1.30. The predicted octanol–water partition coefficient (Wildman–Crippen LogP) is 1.37. The van der Waals surface area contributed by atoms with Crippen molar-refractivity contribution < 1.29 is 19.1 Å². The molecule has 1 saturated heterocycles. The highest BCUT2D eigenvalue weighted by Crippen LogP contribution is 2.27. The Balaban J connectivity index is 1.93. The number of methoxy groups -OCH3 is 1. The van der Waals surface area contributed by atoms with Crippen molar-refractivity contribution in [3.63, 3.8) is 0 Å². The van der Waals surface area contributed by atoms with Crippen LogP contribution < -0.4 is 0 Å². The van der Waals surface area contributed by atoms with Gasteiger partial charge in [0.25, 0.3) is 0 Å².